The second-order valence-corrected chi connectivity index (χ2v) is 6.17. The molecule has 3 atom stereocenters. The molecule has 1 saturated heterocycles. The molecule has 1 fully saturated rings. The number of aromatic amines is 1. The molecule has 2 heterocycles. The van der Waals surface area contributed by atoms with Gasteiger partial charge in [-0.1, -0.05) is 6.92 Å². The van der Waals surface area contributed by atoms with Gasteiger partial charge in [0.25, 0.3) is 5.56 Å². The summed E-state index contributed by atoms with van der Waals surface area (Å²) < 4.78 is 0. The fraction of sp³-hybridized carbons (Fsp3) is 0.733. The summed E-state index contributed by atoms with van der Waals surface area (Å²) in [4.78, 5) is 21.7. The van der Waals surface area contributed by atoms with Gasteiger partial charge in [-0.05, 0) is 46.7 Å². The average molecular weight is 278 g/mol. The molecule has 5 nitrogen and oxygen atoms in total. The van der Waals surface area contributed by atoms with Crippen LogP contribution in [0.2, 0.25) is 0 Å². The van der Waals surface area contributed by atoms with Crippen molar-refractivity contribution in [2.45, 2.75) is 46.2 Å². The number of H-pyrrole nitrogens is 1. The van der Waals surface area contributed by atoms with E-state index in [-0.39, 0.29) is 11.6 Å². The van der Waals surface area contributed by atoms with Gasteiger partial charge < -0.3 is 15.2 Å². The summed E-state index contributed by atoms with van der Waals surface area (Å²) in [5.41, 5.74) is 1.57. The van der Waals surface area contributed by atoms with Crippen molar-refractivity contribution in [3.63, 3.8) is 0 Å². The van der Waals surface area contributed by atoms with Crippen LogP contribution in [-0.2, 0) is 0 Å². The van der Waals surface area contributed by atoms with Gasteiger partial charge in [0.2, 0.25) is 0 Å². The molecule has 3 unspecified atom stereocenters. The Labute approximate surface area is 120 Å². The highest BCUT2D eigenvalue weighted by Gasteiger charge is 2.26. The van der Waals surface area contributed by atoms with Crippen LogP contribution in [0.25, 0.3) is 0 Å². The zero-order chi connectivity index (χ0) is 14.9. The van der Waals surface area contributed by atoms with Crippen molar-refractivity contribution < 1.29 is 0 Å². The molecule has 0 radical (unpaired) electrons. The van der Waals surface area contributed by atoms with Gasteiger partial charge in [0, 0.05) is 24.3 Å². The molecule has 5 heteroatoms. The molecule has 2 N–H and O–H groups in total. The topological polar surface area (TPSA) is 61.0 Å². The number of hydrogen-bond acceptors (Lipinski definition) is 4. The maximum atomic E-state index is 12.1. The Balaban J connectivity index is 2.13. The largest absolute Gasteiger partial charge is 0.310 e. The summed E-state index contributed by atoms with van der Waals surface area (Å²) in [6.07, 6.45) is 1.12. The molecule has 0 saturated carbocycles. The predicted octanol–water partition coefficient (Wildman–Crippen LogP) is 1.38. The molecule has 1 aliphatic heterocycles. The summed E-state index contributed by atoms with van der Waals surface area (Å²) in [5.74, 6) is 1.27. The molecule has 0 spiro atoms. The van der Waals surface area contributed by atoms with Gasteiger partial charge in [0.1, 0.15) is 5.82 Å². The maximum absolute atomic E-state index is 12.1. The molecule has 0 bridgehead atoms. The Bertz CT molecular complexity index is 525. The van der Waals surface area contributed by atoms with E-state index in [0.717, 1.165) is 30.8 Å². The van der Waals surface area contributed by atoms with Crippen molar-refractivity contribution in [1.82, 2.24) is 20.2 Å². The van der Waals surface area contributed by atoms with Crippen LogP contribution in [0.1, 0.15) is 43.4 Å². The highest BCUT2D eigenvalue weighted by Crippen LogP contribution is 2.20. The summed E-state index contributed by atoms with van der Waals surface area (Å²) in [5, 5.41) is 3.62. The number of piperidine rings is 1. The van der Waals surface area contributed by atoms with Crippen LogP contribution >= 0.6 is 0 Å². The minimum absolute atomic E-state index is 0.0180. The zero-order valence-corrected chi connectivity index (χ0v) is 13.2. The molecular weight excluding hydrogens is 252 g/mol. The summed E-state index contributed by atoms with van der Waals surface area (Å²) in [6, 6.07) is 0.490. The first kappa shape index (κ1) is 15.2. The predicted molar refractivity (Wildman–Crippen MR) is 80.9 cm³/mol. The van der Waals surface area contributed by atoms with Crippen molar-refractivity contribution in [2.24, 2.45) is 5.92 Å². The van der Waals surface area contributed by atoms with Crippen molar-refractivity contribution in [3.8, 4) is 0 Å². The van der Waals surface area contributed by atoms with E-state index in [1.807, 2.05) is 13.8 Å². The number of nitrogens with zero attached hydrogens (tertiary/aromatic N) is 2. The van der Waals surface area contributed by atoms with E-state index in [1.165, 1.54) is 0 Å². The van der Waals surface area contributed by atoms with Crippen LogP contribution in [-0.4, -0.2) is 41.0 Å². The standard InChI is InChI=1S/C15H26N4O/c1-9-8-19(5)7-6-13(9)17-11(3)14-10(2)16-12(4)18-15(14)20/h9,11,13,17H,6-8H2,1-5H3,(H,16,18,20). The smallest absolute Gasteiger partial charge is 0.255 e. The van der Waals surface area contributed by atoms with Gasteiger partial charge in [0.15, 0.2) is 0 Å². The van der Waals surface area contributed by atoms with Crippen molar-refractivity contribution >= 4 is 0 Å². The molecule has 0 amide bonds. The van der Waals surface area contributed by atoms with Crippen molar-refractivity contribution in [1.29, 1.82) is 0 Å². The number of likely N-dealkylation sites (tertiary alicyclic amines) is 1. The van der Waals surface area contributed by atoms with Crippen LogP contribution in [0.5, 0.6) is 0 Å². The Kier molecular flexibility index (Phi) is 4.60. The molecule has 0 aromatic carbocycles. The minimum atomic E-state index is -0.0180. The lowest BCUT2D eigenvalue weighted by Crippen LogP contribution is -2.48. The monoisotopic (exact) mass is 278 g/mol. The molecular formula is C15H26N4O. The summed E-state index contributed by atoms with van der Waals surface area (Å²) in [7, 11) is 2.16. The molecule has 20 heavy (non-hydrogen) atoms. The first-order valence-corrected chi connectivity index (χ1v) is 7.40. The van der Waals surface area contributed by atoms with E-state index < -0.39 is 0 Å². The van der Waals surface area contributed by atoms with E-state index in [9.17, 15) is 4.79 Å². The van der Waals surface area contributed by atoms with Crippen LogP contribution in [0.3, 0.4) is 0 Å². The van der Waals surface area contributed by atoms with Gasteiger partial charge in [-0.15, -0.1) is 0 Å². The van der Waals surface area contributed by atoms with Gasteiger partial charge >= 0.3 is 0 Å². The van der Waals surface area contributed by atoms with Crippen LogP contribution in [0.15, 0.2) is 4.79 Å². The SMILES string of the molecule is Cc1nc(C)c(C(C)NC2CCN(C)CC2C)c(=O)[nH]1. The number of rotatable bonds is 3. The van der Waals surface area contributed by atoms with Crippen LogP contribution < -0.4 is 10.9 Å². The van der Waals surface area contributed by atoms with Gasteiger partial charge in [-0.3, -0.25) is 4.79 Å². The maximum Gasteiger partial charge on any atom is 0.255 e. The minimum Gasteiger partial charge on any atom is -0.310 e. The quantitative estimate of drug-likeness (QED) is 0.877. The van der Waals surface area contributed by atoms with E-state index in [1.54, 1.807) is 0 Å². The van der Waals surface area contributed by atoms with E-state index in [0.29, 0.717) is 17.8 Å². The lowest BCUT2D eigenvalue weighted by molar-refractivity contribution is 0.167. The second-order valence-electron chi connectivity index (χ2n) is 6.17. The van der Waals surface area contributed by atoms with Gasteiger partial charge in [-0.25, -0.2) is 4.98 Å². The third kappa shape index (κ3) is 3.27. The average Bonchev–Trinajstić information content (AvgIpc) is 2.31. The lowest BCUT2D eigenvalue weighted by Gasteiger charge is -2.37. The van der Waals surface area contributed by atoms with Crippen LogP contribution in [0, 0.1) is 19.8 Å². The number of hydrogen-bond donors (Lipinski definition) is 2. The third-order valence-corrected chi connectivity index (χ3v) is 4.27. The third-order valence-electron chi connectivity index (χ3n) is 4.27. The molecule has 112 valence electrons. The van der Waals surface area contributed by atoms with Crippen LogP contribution in [0.4, 0.5) is 0 Å². The Morgan fingerprint density at radius 1 is 1.45 bits per heavy atom. The first-order valence-electron chi connectivity index (χ1n) is 7.40. The van der Waals surface area contributed by atoms with E-state index >= 15 is 0 Å². The molecule has 0 aliphatic carbocycles. The second kappa shape index (κ2) is 6.06. The lowest BCUT2D eigenvalue weighted by atomic mass is 9.93. The Hall–Kier alpha value is -1.20. The van der Waals surface area contributed by atoms with E-state index in [2.05, 4.69) is 41.1 Å². The normalized spacial score (nSPS) is 25.6. The Morgan fingerprint density at radius 3 is 2.75 bits per heavy atom. The fourth-order valence-corrected chi connectivity index (χ4v) is 3.25. The van der Waals surface area contributed by atoms with Crippen molar-refractivity contribution in [2.75, 3.05) is 20.1 Å². The highest BCUT2D eigenvalue weighted by atomic mass is 16.1. The zero-order valence-electron chi connectivity index (χ0n) is 13.2. The van der Waals surface area contributed by atoms with Gasteiger partial charge in [-0.2, -0.15) is 0 Å². The number of aryl methyl sites for hydroxylation is 2. The highest BCUT2D eigenvalue weighted by molar-refractivity contribution is 5.20. The fourth-order valence-electron chi connectivity index (χ4n) is 3.25. The Morgan fingerprint density at radius 2 is 2.15 bits per heavy atom. The number of nitrogens with one attached hydrogen (secondary N) is 2. The van der Waals surface area contributed by atoms with E-state index in [4.69, 9.17) is 0 Å². The first-order chi connectivity index (χ1) is 9.38. The molecule has 2 rings (SSSR count). The van der Waals surface area contributed by atoms with Gasteiger partial charge in [0.05, 0.1) is 5.56 Å². The van der Waals surface area contributed by atoms with Crippen molar-refractivity contribution in [3.05, 3.63) is 27.4 Å². The summed E-state index contributed by atoms with van der Waals surface area (Å²) in [6.45, 7) is 10.3. The molecule has 1 aliphatic rings. The molecule has 1 aromatic rings. The number of aromatic nitrogens is 2. The summed E-state index contributed by atoms with van der Waals surface area (Å²) >= 11 is 0. The molecule has 1 aromatic heterocycles.